The second-order valence-electron chi connectivity index (χ2n) is 22.0. The Morgan fingerprint density at radius 1 is 0.714 bits per heavy atom. The van der Waals surface area contributed by atoms with Crippen molar-refractivity contribution >= 4 is 35.3 Å². The molecule has 406 valence electrons. The van der Waals surface area contributed by atoms with Crippen molar-refractivity contribution in [3.05, 3.63) is 135 Å². The van der Waals surface area contributed by atoms with Crippen molar-refractivity contribution in [2.45, 2.75) is 110 Å². The molecule has 0 bridgehead atoms. The van der Waals surface area contributed by atoms with Crippen LogP contribution in [0.1, 0.15) is 111 Å². The minimum Gasteiger partial charge on any atom is -0.493 e. The van der Waals surface area contributed by atoms with Crippen LogP contribution < -0.4 is 19.3 Å². The quantitative estimate of drug-likeness (QED) is 0.0686. The first-order valence-electron chi connectivity index (χ1n) is 28.0. The van der Waals surface area contributed by atoms with Gasteiger partial charge >= 0.3 is 0 Å². The molecule has 5 atom stereocenters. The zero-order chi connectivity index (χ0) is 52.8. The Balaban J connectivity index is 0.601. The van der Waals surface area contributed by atoms with Crippen LogP contribution in [-0.2, 0) is 46.7 Å². The number of piperidine rings is 1. The van der Waals surface area contributed by atoms with Gasteiger partial charge in [-0.05, 0) is 128 Å². The third kappa shape index (κ3) is 12.7. The van der Waals surface area contributed by atoms with Crippen LogP contribution in [0.3, 0.4) is 0 Å². The lowest BCUT2D eigenvalue weighted by Gasteiger charge is -2.42. The Morgan fingerprint density at radius 2 is 1.40 bits per heavy atom. The molecule has 77 heavy (non-hydrogen) atoms. The van der Waals surface area contributed by atoms with Crippen molar-refractivity contribution in [2.75, 3.05) is 68.9 Å². The topological polar surface area (TPSA) is 139 Å². The van der Waals surface area contributed by atoms with Gasteiger partial charge < -0.3 is 33.8 Å². The van der Waals surface area contributed by atoms with Crippen LogP contribution in [0.2, 0.25) is 5.02 Å². The van der Waals surface area contributed by atoms with E-state index >= 15 is 8.78 Å². The van der Waals surface area contributed by atoms with Gasteiger partial charge in [0.2, 0.25) is 23.7 Å². The number of rotatable bonds is 20. The van der Waals surface area contributed by atoms with Crippen LogP contribution >= 0.6 is 11.6 Å². The van der Waals surface area contributed by atoms with Gasteiger partial charge in [0.1, 0.15) is 23.1 Å². The molecule has 3 aromatic heterocycles. The fourth-order valence-electron chi connectivity index (χ4n) is 12.7. The molecule has 4 aliphatic heterocycles. The molecule has 2 saturated heterocycles. The summed E-state index contributed by atoms with van der Waals surface area (Å²) >= 11 is 5.95. The molecule has 4 fully saturated rings. The molecular weight excluding hydrogens is 1000 g/mol. The summed E-state index contributed by atoms with van der Waals surface area (Å²) < 4.78 is 48.6. The second-order valence-corrected chi connectivity index (χ2v) is 22.4. The average Bonchev–Trinajstić information content (AvgIpc) is 4.08. The van der Waals surface area contributed by atoms with Gasteiger partial charge in [-0.2, -0.15) is 0 Å². The Labute approximate surface area is 455 Å². The van der Waals surface area contributed by atoms with Gasteiger partial charge in [-0.1, -0.05) is 48.2 Å². The SMILES string of the molecule is CCOCc1cnc(N2CCC([C@@H]3CCC[C@H]3CCOc3ccc(CC(=O)N4CCC4c4cnc5c(c4)CN(C(=O)Cc4ccc(OCC[C@@H]6CC6C6=CCN(c7ncc(Cl)cn7)CC6)cc4F)CC5)c(F)c3)CC2)nc1. The summed E-state index contributed by atoms with van der Waals surface area (Å²) in [6, 6.07) is 11.5. The lowest BCUT2D eigenvalue weighted by molar-refractivity contribution is -0.138. The minimum atomic E-state index is -0.457. The fraction of sp³-hybridized carbons (Fsp3) is 0.517. The zero-order valence-corrected chi connectivity index (χ0v) is 44.9. The molecule has 17 heteroatoms. The third-order valence-corrected chi connectivity index (χ3v) is 17.4. The predicted octanol–water partition coefficient (Wildman–Crippen LogP) is 10.1. The lowest BCUT2D eigenvalue weighted by Crippen LogP contribution is -2.46. The van der Waals surface area contributed by atoms with Gasteiger partial charge in [-0.15, -0.1) is 0 Å². The van der Waals surface area contributed by atoms with Crippen molar-refractivity contribution in [1.29, 1.82) is 0 Å². The smallest absolute Gasteiger partial charge is 0.227 e. The first-order chi connectivity index (χ1) is 37.6. The van der Waals surface area contributed by atoms with Crippen LogP contribution in [0.15, 0.2) is 85.1 Å². The number of hydrogen-bond acceptors (Lipinski definition) is 12. The van der Waals surface area contributed by atoms with Crippen molar-refractivity contribution in [1.82, 2.24) is 34.7 Å². The predicted molar refractivity (Wildman–Crippen MR) is 290 cm³/mol. The molecule has 11 rings (SSSR count). The van der Waals surface area contributed by atoms with Crippen LogP contribution in [0, 0.1) is 41.2 Å². The number of aromatic nitrogens is 5. The molecule has 5 aromatic rings. The number of likely N-dealkylation sites (tertiary alicyclic amines) is 1. The Morgan fingerprint density at radius 3 is 2.06 bits per heavy atom. The number of hydrogen-bond donors (Lipinski definition) is 0. The van der Waals surface area contributed by atoms with Crippen molar-refractivity contribution < 1.29 is 32.6 Å². The molecule has 2 saturated carbocycles. The molecule has 2 unspecified atom stereocenters. The molecule has 14 nitrogen and oxygen atoms in total. The van der Waals surface area contributed by atoms with E-state index in [1.165, 1.54) is 37.0 Å². The number of nitrogens with zero attached hydrogens (tertiary/aromatic N) is 9. The summed E-state index contributed by atoms with van der Waals surface area (Å²) in [5.74, 6) is 4.30. The molecule has 2 aromatic carbocycles. The van der Waals surface area contributed by atoms with Crippen LogP contribution in [0.5, 0.6) is 11.5 Å². The number of fused-ring (bicyclic) bond motifs is 1. The number of amides is 2. The summed E-state index contributed by atoms with van der Waals surface area (Å²) in [7, 11) is 0. The molecule has 2 aliphatic carbocycles. The third-order valence-electron chi connectivity index (χ3n) is 17.2. The average molecular weight is 1070 g/mol. The van der Waals surface area contributed by atoms with Crippen molar-refractivity contribution in [3.63, 3.8) is 0 Å². The lowest BCUT2D eigenvalue weighted by atomic mass is 9.77. The minimum absolute atomic E-state index is 0.0516. The highest BCUT2D eigenvalue weighted by molar-refractivity contribution is 6.30. The van der Waals surface area contributed by atoms with E-state index in [0.29, 0.717) is 116 Å². The molecule has 0 N–H and O–H groups in total. The summed E-state index contributed by atoms with van der Waals surface area (Å²) in [4.78, 5) is 58.0. The van der Waals surface area contributed by atoms with Gasteiger partial charge in [0.05, 0.1) is 56.1 Å². The maximum absolute atomic E-state index is 15.6. The Hall–Kier alpha value is -6.26. The maximum atomic E-state index is 15.6. The summed E-state index contributed by atoms with van der Waals surface area (Å²) in [6.07, 6.45) is 22.3. The van der Waals surface area contributed by atoms with E-state index in [-0.39, 0.29) is 30.7 Å². The van der Waals surface area contributed by atoms with E-state index in [9.17, 15) is 9.59 Å². The van der Waals surface area contributed by atoms with E-state index < -0.39 is 11.6 Å². The molecule has 2 amide bonds. The van der Waals surface area contributed by atoms with Crippen molar-refractivity contribution in [2.24, 2.45) is 29.6 Å². The highest BCUT2D eigenvalue weighted by Gasteiger charge is 2.40. The fourth-order valence-corrected chi connectivity index (χ4v) is 12.8. The molecule has 7 heterocycles. The van der Waals surface area contributed by atoms with E-state index in [4.69, 9.17) is 30.8 Å². The highest BCUT2D eigenvalue weighted by atomic mass is 35.5. The number of benzene rings is 2. The van der Waals surface area contributed by atoms with Crippen molar-refractivity contribution in [3.8, 4) is 11.5 Å². The first-order valence-corrected chi connectivity index (χ1v) is 28.4. The maximum Gasteiger partial charge on any atom is 0.227 e. The van der Waals surface area contributed by atoms with E-state index in [1.54, 1.807) is 46.5 Å². The monoisotopic (exact) mass is 1070 g/mol. The summed E-state index contributed by atoms with van der Waals surface area (Å²) in [5, 5.41) is 0.527. The standard InChI is InChI=1S/C60H70ClF2N9O5/c1-2-75-38-39-32-65-59(66-33-39)69-18-10-41(11-19-69)51-5-3-4-40(51)16-24-76-49-9-7-45(54(63)31-49)29-58(74)72-23-15-56(72)46-26-47-37-71(22-14-55(47)64-34-46)57(73)28-44-6-8-50(30-53(44)62)77-25-17-43-27-52(43)42-12-20-70(21-13-42)60-67-35-48(61)36-68-60/h6-9,12,26,30-36,40-41,43,51-52,56H,2-5,10-11,13-25,27-29,37-38H2,1H3/t40-,43+,51+,52?,56?/m0/s1. The number of halogens is 3. The molecule has 0 radical (unpaired) electrons. The Bertz CT molecular complexity index is 2910. The van der Waals surface area contributed by atoms with Crippen LogP contribution in [0.25, 0.3) is 0 Å². The van der Waals surface area contributed by atoms with Crippen LogP contribution in [0.4, 0.5) is 20.7 Å². The number of carbonyl (C=O) groups is 2. The van der Waals surface area contributed by atoms with Gasteiger partial charge in [0, 0.05) is 101 Å². The molecular formula is C60H70ClF2N9O5. The molecule has 0 spiro atoms. The Kier molecular flexibility index (Phi) is 16.6. The van der Waals surface area contributed by atoms with E-state index in [1.807, 2.05) is 31.6 Å². The largest absolute Gasteiger partial charge is 0.493 e. The first kappa shape index (κ1) is 52.8. The van der Waals surface area contributed by atoms with E-state index in [2.05, 4.69) is 35.8 Å². The van der Waals surface area contributed by atoms with Gasteiger partial charge in [-0.3, -0.25) is 14.6 Å². The number of ether oxygens (including phenoxy) is 3. The van der Waals surface area contributed by atoms with E-state index in [0.717, 1.165) is 99.5 Å². The van der Waals surface area contributed by atoms with Gasteiger partial charge in [0.25, 0.3) is 0 Å². The molecule has 6 aliphatic rings. The summed E-state index contributed by atoms with van der Waals surface area (Å²) in [5.41, 5.74) is 5.89. The normalized spacial score (nSPS) is 22.3. The highest BCUT2D eigenvalue weighted by Crippen LogP contribution is 2.48. The number of anilines is 2. The zero-order valence-electron chi connectivity index (χ0n) is 44.1. The van der Waals surface area contributed by atoms with Crippen LogP contribution in [-0.4, -0.2) is 106 Å². The van der Waals surface area contributed by atoms with Gasteiger partial charge in [-0.25, -0.2) is 28.7 Å². The summed E-state index contributed by atoms with van der Waals surface area (Å²) in [6.45, 7) is 9.22. The number of pyridine rings is 1. The number of carbonyl (C=O) groups excluding carboxylic acids is 2. The second kappa shape index (κ2) is 24.2. The van der Waals surface area contributed by atoms with Gasteiger partial charge in [0.15, 0.2) is 0 Å².